The summed E-state index contributed by atoms with van der Waals surface area (Å²) in [6.45, 7) is 0.186. The van der Waals surface area contributed by atoms with Crippen LogP contribution in [-0.4, -0.2) is 20.9 Å². The number of fused-ring (bicyclic) bond motifs is 1. The average Bonchev–Trinajstić information content (AvgIpc) is 2.86. The van der Waals surface area contributed by atoms with Crippen LogP contribution in [0.1, 0.15) is 21.6 Å². The normalized spacial score (nSPS) is 11.8. The number of hydrogen-bond acceptors (Lipinski definition) is 2. The third kappa shape index (κ3) is 2.90. The molecule has 3 aromatic rings. The van der Waals surface area contributed by atoms with E-state index < -0.39 is 17.7 Å². The van der Waals surface area contributed by atoms with Crippen LogP contribution < -0.4 is 0 Å². The van der Waals surface area contributed by atoms with Gasteiger partial charge in [0.05, 0.1) is 17.6 Å². The van der Waals surface area contributed by atoms with Crippen LogP contribution in [0, 0.1) is 0 Å². The Kier molecular flexibility index (Phi) is 3.55. The summed E-state index contributed by atoms with van der Waals surface area (Å²) in [5.41, 5.74) is 0.415. The van der Waals surface area contributed by atoms with Gasteiger partial charge in [-0.2, -0.15) is 18.3 Å². The Balaban J connectivity index is 1.97. The minimum Gasteiger partial charge on any atom is -0.476 e. The largest absolute Gasteiger partial charge is 0.476 e. The summed E-state index contributed by atoms with van der Waals surface area (Å²) in [6, 6.07) is 11.5. The molecule has 0 bridgehead atoms. The van der Waals surface area contributed by atoms with Crippen molar-refractivity contribution in [3.05, 3.63) is 65.4 Å². The lowest BCUT2D eigenvalue weighted by Crippen LogP contribution is -2.07. The van der Waals surface area contributed by atoms with Crippen molar-refractivity contribution < 1.29 is 23.1 Å². The number of rotatable bonds is 3. The number of carboxylic acids is 1. The highest BCUT2D eigenvalue weighted by molar-refractivity contribution is 6.01. The van der Waals surface area contributed by atoms with E-state index in [-0.39, 0.29) is 12.2 Å². The van der Waals surface area contributed by atoms with E-state index in [1.54, 1.807) is 24.3 Å². The van der Waals surface area contributed by atoms with E-state index in [9.17, 15) is 23.1 Å². The van der Waals surface area contributed by atoms with E-state index in [1.807, 2.05) is 0 Å². The predicted molar refractivity (Wildman–Crippen MR) is 77.2 cm³/mol. The lowest BCUT2D eigenvalue weighted by atomic mass is 10.1. The molecule has 1 aromatic heterocycles. The van der Waals surface area contributed by atoms with Gasteiger partial charge < -0.3 is 5.11 Å². The smallest absolute Gasteiger partial charge is 0.416 e. The SMILES string of the molecule is O=C(O)c1nn(Cc2ccc(C(F)(F)F)cc2)c2ccccc12. The fourth-order valence-corrected chi connectivity index (χ4v) is 2.38. The number of benzene rings is 2. The molecule has 118 valence electrons. The van der Waals surface area contributed by atoms with Crippen LogP contribution in [0.2, 0.25) is 0 Å². The number of hydrogen-bond donors (Lipinski definition) is 1. The third-order valence-corrected chi connectivity index (χ3v) is 3.47. The zero-order chi connectivity index (χ0) is 16.6. The van der Waals surface area contributed by atoms with Crippen LogP contribution in [-0.2, 0) is 12.7 Å². The van der Waals surface area contributed by atoms with Crippen molar-refractivity contribution in [1.29, 1.82) is 0 Å². The summed E-state index contributed by atoms with van der Waals surface area (Å²) >= 11 is 0. The maximum absolute atomic E-state index is 12.6. The number of nitrogens with zero attached hydrogens (tertiary/aromatic N) is 2. The van der Waals surface area contributed by atoms with E-state index in [1.165, 1.54) is 16.8 Å². The first-order valence-corrected chi connectivity index (χ1v) is 6.71. The van der Waals surface area contributed by atoms with Gasteiger partial charge in [-0.1, -0.05) is 30.3 Å². The molecule has 0 radical (unpaired) electrons. The minimum atomic E-state index is -4.38. The fraction of sp³-hybridized carbons (Fsp3) is 0.125. The van der Waals surface area contributed by atoms with Gasteiger partial charge in [0.25, 0.3) is 0 Å². The molecule has 0 spiro atoms. The van der Waals surface area contributed by atoms with Crippen LogP contribution in [0.15, 0.2) is 48.5 Å². The number of carboxylic acid groups (broad SMARTS) is 1. The van der Waals surface area contributed by atoms with E-state index in [0.717, 1.165) is 12.1 Å². The van der Waals surface area contributed by atoms with Crippen molar-refractivity contribution in [3.63, 3.8) is 0 Å². The standard InChI is InChI=1S/C16H11F3N2O2/c17-16(18,19)11-7-5-10(6-8-11)9-21-13-4-2-1-3-12(13)14(20-21)15(22)23/h1-8H,9H2,(H,22,23). The molecule has 0 aliphatic heterocycles. The van der Waals surface area contributed by atoms with Crippen LogP contribution in [0.5, 0.6) is 0 Å². The van der Waals surface area contributed by atoms with Gasteiger partial charge in [-0.3, -0.25) is 4.68 Å². The highest BCUT2D eigenvalue weighted by atomic mass is 19.4. The maximum atomic E-state index is 12.6. The number of para-hydroxylation sites is 1. The molecule has 23 heavy (non-hydrogen) atoms. The van der Waals surface area contributed by atoms with Crippen molar-refractivity contribution in [2.24, 2.45) is 0 Å². The molecule has 1 heterocycles. The first-order valence-electron chi connectivity index (χ1n) is 6.71. The summed E-state index contributed by atoms with van der Waals surface area (Å²) in [4.78, 5) is 11.2. The first kappa shape index (κ1) is 15.1. The first-order chi connectivity index (χ1) is 10.9. The van der Waals surface area contributed by atoms with Gasteiger partial charge in [0.2, 0.25) is 0 Å². The summed E-state index contributed by atoms with van der Waals surface area (Å²) in [5.74, 6) is -1.15. The quantitative estimate of drug-likeness (QED) is 0.798. The van der Waals surface area contributed by atoms with Gasteiger partial charge in [-0.15, -0.1) is 0 Å². The Labute approximate surface area is 128 Å². The van der Waals surface area contributed by atoms with E-state index in [0.29, 0.717) is 16.5 Å². The highest BCUT2D eigenvalue weighted by Crippen LogP contribution is 2.29. The van der Waals surface area contributed by atoms with Crippen LogP contribution >= 0.6 is 0 Å². The molecule has 0 aliphatic carbocycles. The molecule has 1 N–H and O–H groups in total. The van der Waals surface area contributed by atoms with Crippen LogP contribution in [0.4, 0.5) is 13.2 Å². The molecular weight excluding hydrogens is 309 g/mol. The molecule has 7 heteroatoms. The Hall–Kier alpha value is -2.83. The molecule has 0 saturated carbocycles. The average molecular weight is 320 g/mol. The summed E-state index contributed by atoms with van der Waals surface area (Å²) in [6.07, 6.45) is -4.38. The molecule has 2 aromatic carbocycles. The fourth-order valence-electron chi connectivity index (χ4n) is 2.38. The Bertz CT molecular complexity index is 867. The summed E-state index contributed by atoms with van der Waals surface area (Å²) < 4.78 is 39.2. The van der Waals surface area contributed by atoms with E-state index >= 15 is 0 Å². The number of carbonyl (C=O) groups is 1. The maximum Gasteiger partial charge on any atom is 0.416 e. The Morgan fingerprint density at radius 1 is 1.09 bits per heavy atom. The molecule has 0 fully saturated rings. The number of aromatic carboxylic acids is 1. The summed E-state index contributed by atoms with van der Waals surface area (Å²) in [5, 5.41) is 13.7. The topological polar surface area (TPSA) is 55.1 Å². The second-order valence-electron chi connectivity index (χ2n) is 5.02. The van der Waals surface area contributed by atoms with Crippen molar-refractivity contribution in [3.8, 4) is 0 Å². The lowest BCUT2D eigenvalue weighted by Gasteiger charge is -2.08. The Morgan fingerprint density at radius 3 is 2.35 bits per heavy atom. The zero-order valence-electron chi connectivity index (χ0n) is 11.7. The van der Waals surface area contributed by atoms with Crippen molar-refractivity contribution in [1.82, 2.24) is 9.78 Å². The van der Waals surface area contributed by atoms with Gasteiger partial charge in [-0.05, 0) is 23.8 Å². The molecule has 0 aliphatic rings. The van der Waals surface area contributed by atoms with Crippen molar-refractivity contribution >= 4 is 16.9 Å². The third-order valence-electron chi connectivity index (χ3n) is 3.47. The van der Waals surface area contributed by atoms with Crippen LogP contribution in [0.3, 0.4) is 0 Å². The number of alkyl halides is 3. The molecule has 0 unspecified atom stereocenters. The summed E-state index contributed by atoms with van der Waals surface area (Å²) in [7, 11) is 0. The number of halogens is 3. The molecule has 0 amide bonds. The van der Waals surface area contributed by atoms with Gasteiger partial charge in [0, 0.05) is 5.39 Å². The van der Waals surface area contributed by atoms with Crippen LogP contribution in [0.25, 0.3) is 10.9 Å². The zero-order valence-corrected chi connectivity index (χ0v) is 11.7. The van der Waals surface area contributed by atoms with Gasteiger partial charge in [-0.25, -0.2) is 4.79 Å². The second kappa shape index (κ2) is 5.42. The van der Waals surface area contributed by atoms with E-state index in [4.69, 9.17) is 0 Å². The second-order valence-corrected chi connectivity index (χ2v) is 5.02. The predicted octanol–water partition coefficient (Wildman–Crippen LogP) is 3.80. The van der Waals surface area contributed by atoms with Crippen molar-refractivity contribution in [2.45, 2.75) is 12.7 Å². The molecular formula is C16H11F3N2O2. The van der Waals surface area contributed by atoms with Gasteiger partial charge in [0.1, 0.15) is 0 Å². The van der Waals surface area contributed by atoms with Crippen molar-refractivity contribution in [2.75, 3.05) is 0 Å². The van der Waals surface area contributed by atoms with Gasteiger partial charge >= 0.3 is 12.1 Å². The number of aromatic nitrogens is 2. The molecule has 3 rings (SSSR count). The Morgan fingerprint density at radius 2 is 1.74 bits per heavy atom. The lowest BCUT2D eigenvalue weighted by molar-refractivity contribution is -0.137. The molecule has 0 saturated heterocycles. The highest BCUT2D eigenvalue weighted by Gasteiger charge is 2.29. The van der Waals surface area contributed by atoms with Gasteiger partial charge in [0.15, 0.2) is 5.69 Å². The molecule has 4 nitrogen and oxygen atoms in total. The molecule has 0 atom stereocenters. The van der Waals surface area contributed by atoms with E-state index in [2.05, 4.69) is 5.10 Å². The minimum absolute atomic E-state index is 0.0764. The monoisotopic (exact) mass is 320 g/mol.